The first kappa shape index (κ1) is 14.5. The van der Waals surface area contributed by atoms with Crippen LogP contribution in [0.5, 0.6) is 0 Å². The fourth-order valence-electron chi connectivity index (χ4n) is 5.19. The molecule has 4 aliphatic rings. The maximum atomic E-state index is 6.55. The molecule has 1 aliphatic carbocycles. The fraction of sp³-hybridized carbons (Fsp3) is 1.00. The molecule has 3 saturated heterocycles. The third-order valence-electron chi connectivity index (χ3n) is 6.61. The topological polar surface area (TPSA) is 37.6 Å². The number of hydrogen-bond acceptors (Lipinski definition) is 3. The van der Waals surface area contributed by atoms with Crippen molar-refractivity contribution in [2.45, 2.75) is 114 Å². The van der Waals surface area contributed by atoms with Gasteiger partial charge in [-0.05, 0) is 39.5 Å². The molecule has 4 rings (SSSR count). The zero-order chi connectivity index (χ0) is 14.9. The largest absolute Gasteiger partial charge is 0.366 e. The molecular weight excluding hydrogens is 264 g/mol. The number of epoxide rings is 3. The van der Waals surface area contributed by atoms with Crippen LogP contribution in [0.15, 0.2) is 0 Å². The summed E-state index contributed by atoms with van der Waals surface area (Å²) in [5.41, 5.74) is 0.278. The first-order valence-electron chi connectivity index (χ1n) is 8.97. The van der Waals surface area contributed by atoms with Crippen molar-refractivity contribution in [2.24, 2.45) is 0 Å². The summed E-state index contributed by atoms with van der Waals surface area (Å²) in [6.45, 7) is 9.12. The Bertz CT molecular complexity index is 452. The van der Waals surface area contributed by atoms with Crippen LogP contribution in [-0.4, -0.2) is 34.6 Å². The van der Waals surface area contributed by atoms with Gasteiger partial charge in [-0.3, -0.25) is 0 Å². The van der Waals surface area contributed by atoms with E-state index in [4.69, 9.17) is 14.2 Å². The molecule has 0 unspecified atom stereocenters. The molecule has 0 aromatic heterocycles. The molecule has 0 spiro atoms. The Morgan fingerprint density at radius 1 is 0.905 bits per heavy atom. The molecule has 3 nitrogen and oxygen atoms in total. The van der Waals surface area contributed by atoms with Crippen LogP contribution in [0.3, 0.4) is 0 Å². The zero-order valence-corrected chi connectivity index (χ0v) is 14.0. The van der Waals surface area contributed by atoms with Gasteiger partial charge in [0.15, 0.2) is 0 Å². The second-order valence-corrected chi connectivity index (χ2v) is 8.35. The molecule has 21 heavy (non-hydrogen) atoms. The minimum Gasteiger partial charge on any atom is -0.366 e. The normalized spacial score (nSPS) is 57.7. The van der Waals surface area contributed by atoms with Gasteiger partial charge < -0.3 is 14.2 Å². The minimum absolute atomic E-state index is 0.0583. The number of hydrogen-bond donors (Lipinski definition) is 0. The van der Waals surface area contributed by atoms with Crippen molar-refractivity contribution in [1.82, 2.24) is 0 Å². The van der Waals surface area contributed by atoms with E-state index in [9.17, 15) is 0 Å². The molecule has 0 aromatic rings. The molecule has 0 amide bonds. The zero-order valence-electron chi connectivity index (χ0n) is 14.0. The smallest absolute Gasteiger partial charge is 0.101 e. The SMILES string of the molecule is CCC[C@@]12C[C@]3(C)O[C@H]3CC[C@]3(C)O[C@@H]3C[C@]1(CCC)O2. The van der Waals surface area contributed by atoms with E-state index in [-0.39, 0.29) is 22.4 Å². The molecular formula is C18H30O3. The van der Waals surface area contributed by atoms with E-state index in [2.05, 4.69) is 27.7 Å². The van der Waals surface area contributed by atoms with Gasteiger partial charge >= 0.3 is 0 Å². The van der Waals surface area contributed by atoms with E-state index in [0.29, 0.717) is 12.2 Å². The first-order chi connectivity index (χ1) is 9.91. The van der Waals surface area contributed by atoms with Gasteiger partial charge in [-0.15, -0.1) is 0 Å². The summed E-state index contributed by atoms with van der Waals surface area (Å²) >= 11 is 0. The predicted octanol–water partition coefficient (Wildman–Crippen LogP) is 3.98. The Morgan fingerprint density at radius 2 is 1.57 bits per heavy atom. The van der Waals surface area contributed by atoms with Gasteiger partial charge in [0, 0.05) is 12.8 Å². The lowest BCUT2D eigenvalue weighted by Gasteiger charge is -2.23. The van der Waals surface area contributed by atoms with Crippen LogP contribution in [0.1, 0.15) is 79.1 Å². The molecule has 3 heterocycles. The standard InChI is InChI=1S/C18H30O3/c1-5-8-17-11-14-15(3,20-14)10-7-13-16(4,19-13)12-18(17,21-17)9-6-2/h13-14H,5-12H2,1-4H3/t13-,14+,15-,16-,17-,18+/m0/s1. The Balaban J connectivity index is 1.63. The summed E-state index contributed by atoms with van der Waals surface area (Å²) in [6, 6.07) is 0. The van der Waals surface area contributed by atoms with Crippen LogP contribution in [0, 0.1) is 0 Å². The third kappa shape index (κ3) is 2.04. The number of rotatable bonds is 4. The Hall–Kier alpha value is -0.120. The van der Waals surface area contributed by atoms with Crippen LogP contribution in [0.2, 0.25) is 0 Å². The quantitative estimate of drug-likeness (QED) is 0.736. The van der Waals surface area contributed by atoms with Gasteiger partial charge in [0.1, 0.15) is 11.2 Å². The molecule has 4 fully saturated rings. The summed E-state index contributed by atoms with van der Waals surface area (Å²) in [5, 5.41) is 0. The minimum atomic E-state index is 0.0583. The Morgan fingerprint density at radius 3 is 2.29 bits per heavy atom. The summed E-state index contributed by atoms with van der Waals surface area (Å²) in [5.74, 6) is 0. The molecule has 1 saturated carbocycles. The molecule has 120 valence electrons. The lowest BCUT2D eigenvalue weighted by Crippen LogP contribution is -2.34. The molecule has 6 atom stereocenters. The van der Waals surface area contributed by atoms with Gasteiger partial charge in [-0.2, -0.15) is 0 Å². The highest BCUT2D eigenvalue weighted by molar-refractivity contribution is 5.24. The Kier molecular flexibility index (Phi) is 2.92. The van der Waals surface area contributed by atoms with Crippen LogP contribution < -0.4 is 0 Å². The molecule has 0 aromatic carbocycles. The lowest BCUT2D eigenvalue weighted by atomic mass is 9.74. The van der Waals surface area contributed by atoms with Crippen molar-refractivity contribution in [2.75, 3.05) is 0 Å². The highest BCUT2D eigenvalue weighted by atomic mass is 16.7. The van der Waals surface area contributed by atoms with Gasteiger partial charge in [0.25, 0.3) is 0 Å². The third-order valence-corrected chi connectivity index (χ3v) is 6.61. The summed E-state index contributed by atoms with van der Waals surface area (Å²) < 4.78 is 18.7. The predicted molar refractivity (Wildman–Crippen MR) is 81.4 cm³/mol. The van der Waals surface area contributed by atoms with Crippen LogP contribution in [0.25, 0.3) is 0 Å². The van der Waals surface area contributed by atoms with E-state index in [1.807, 2.05) is 0 Å². The van der Waals surface area contributed by atoms with E-state index in [1.165, 1.54) is 25.7 Å². The van der Waals surface area contributed by atoms with Gasteiger partial charge in [0.2, 0.25) is 0 Å². The molecule has 3 heteroatoms. The summed E-state index contributed by atoms with van der Waals surface area (Å²) in [6.07, 6.45) is 10.0. The molecule has 0 radical (unpaired) electrons. The fourth-order valence-corrected chi connectivity index (χ4v) is 5.19. The molecule has 3 aliphatic heterocycles. The maximum Gasteiger partial charge on any atom is 0.101 e. The second-order valence-electron chi connectivity index (χ2n) is 8.35. The van der Waals surface area contributed by atoms with Crippen molar-refractivity contribution in [3.8, 4) is 0 Å². The van der Waals surface area contributed by atoms with E-state index >= 15 is 0 Å². The maximum absolute atomic E-state index is 6.55. The van der Waals surface area contributed by atoms with Crippen molar-refractivity contribution in [3.63, 3.8) is 0 Å². The van der Waals surface area contributed by atoms with Crippen molar-refractivity contribution >= 4 is 0 Å². The van der Waals surface area contributed by atoms with Crippen LogP contribution in [0.4, 0.5) is 0 Å². The van der Waals surface area contributed by atoms with Crippen molar-refractivity contribution < 1.29 is 14.2 Å². The molecule has 0 bridgehead atoms. The average molecular weight is 294 g/mol. The van der Waals surface area contributed by atoms with E-state index < -0.39 is 0 Å². The summed E-state index contributed by atoms with van der Waals surface area (Å²) in [7, 11) is 0. The monoisotopic (exact) mass is 294 g/mol. The van der Waals surface area contributed by atoms with E-state index in [0.717, 1.165) is 25.7 Å². The van der Waals surface area contributed by atoms with Crippen molar-refractivity contribution in [1.29, 1.82) is 0 Å². The number of fused-ring (bicyclic) bond motifs is 3. The highest BCUT2D eigenvalue weighted by Crippen LogP contribution is 2.66. The Labute approximate surface area is 128 Å². The summed E-state index contributed by atoms with van der Waals surface area (Å²) in [4.78, 5) is 0. The van der Waals surface area contributed by atoms with Gasteiger partial charge in [-0.25, -0.2) is 0 Å². The number of ether oxygens (including phenoxy) is 3. The van der Waals surface area contributed by atoms with Crippen LogP contribution >= 0.6 is 0 Å². The van der Waals surface area contributed by atoms with E-state index in [1.54, 1.807) is 0 Å². The highest BCUT2D eigenvalue weighted by Gasteiger charge is 2.75. The van der Waals surface area contributed by atoms with Crippen molar-refractivity contribution in [3.05, 3.63) is 0 Å². The first-order valence-corrected chi connectivity index (χ1v) is 8.97. The van der Waals surface area contributed by atoms with Crippen LogP contribution in [-0.2, 0) is 14.2 Å². The molecule has 0 N–H and O–H groups in total. The van der Waals surface area contributed by atoms with Gasteiger partial charge in [0.05, 0.1) is 23.4 Å². The van der Waals surface area contributed by atoms with Gasteiger partial charge in [-0.1, -0.05) is 26.7 Å². The second kappa shape index (κ2) is 4.24. The average Bonchev–Trinajstić information content (AvgIpc) is 3.31. The lowest BCUT2D eigenvalue weighted by molar-refractivity contribution is 0.195.